The summed E-state index contributed by atoms with van der Waals surface area (Å²) in [5.41, 5.74) is 1.05. The van der Waals surface area contributed by atoms with Gasteiger partial charge in [0.25, 0.3) is 0 Å². The molecule has 1 N–H and O–H groups in total. The van der Waals surface area contributed by atoms with E-state index < -0.39 is 8.07 Å². The molecule has 1 aromatic heterocycles. The number of ether oxygens (including phenoxy) is 2. The molecule has 17 heavy (non-hydrogen) atoms. The Balaban J connectivity index is 2.42. The van der Waals surface area contributed by atoms with Crippen LogP contribution in [0.15, 0.2) is 6.20 Å². The molecule has 0 spiro atoms. The van der Waals surface area contributed by atoms with Crippen LogP contribution in [0.25, 0.3) is 0 Å². The zero-order chi connectivity index (χ0) is 12.9. The maximum absolute atomic E-state index is 11.4. The van der Waals surface area contributed by atoms with Crippen LogP contribution >= 0.6 is 0 Å². The van der Waals surface area contributed by atoms with E-state index in [1.165, 1.54) is 13.3 Å². The number of hydrogen-bond donors (Lipinski definition) is 1. The maximum atomic E-state index is 11.4. The number of aromatic amines is 1. The molecule has 0 atom stereocenters. The second-order valence-electron chi connectivity index (χ2n) is 5.10. The molecule has 0 saturated carbocycles. The first-order valence-electron chi connectivity index (χ1n) is 5.63. The summed E-state index contributed by atoms with van der Waals surface area (Å²) in [5, 5.41) is 6.63. The molecular weight excluding hydrogens is 236 g/mol. The van der Waals surface area contributed by atoms with Crippen LogP contribution in [0.4, 0.5) is 0 Å². The first kappa shape index (κ1) is 13.9. The second-order valence-corrected chi connectivity index (χ2v) is 10.7. The first-order valence-corrected chi connectivity index (χ1v) is 9.33. The molecule has 6 heteroatoms. The van der Waals surface area contributed by atoms with E-state index in [1.54, 1.807) is 0 Å². The number of carbonyl (C=O) groups is 1. The van der Waals surface area contributed by atoms with E-state index in [1.807, 2.05) is 0 Å². The van der Waals surface area contributed by atoms with Gasteiger partial charge in [-0.25, -0.2) is 4.79 Å². The van der Waals surface area contributed by atoms with Gasteiger partial charge in [0.05, 0.1) is 13.7 Å². The SMILES string of the molecule is COC(=O)c1c[nH]nc1COCC[Si](C)(C)C. The van der Waals surface area contributed by atoms with Gasteiger partial charge in [0.15, 0.2) is 0 Å². The third-order valence-corrected chi connectivity index (χ3v) is 4.06. The van der Waals surface area contributed by atoms with E-state index in [4.69, 9.17) is 4.74 Å². The number of methoxy groups -OCH3 is 1. The number of nitrogens with one attached hydrogen (secondary N) is 1. The largest absolute Gasteiger partial charge is 0.465 e. The van der Waals surface area contributed by atoms with Crippen molar-refractivity contribution in [2.24, 2.45) is 0 Å². The summed E-state index contributed by atoms with van der Waals surface area (Å²) >= 11 is 0. The number of nitrogens with zero attached hydrogens (tertiary/aromatic N) is 1. The van der Waals surface area contributed by atoms with Crippen molar-refractivity contribution in [1.82, 2.24) is 10.2 Å². The normalized spacial score (nSPS) is 11.5. The topological polar surface area (TPSA) is 64.2 Å². The number of carbonyl (C=O) groups excluding carboxylic acids is 1. The van der Waals surface area contributed by atoms with Crippen molar-refractivity contribution in [1.29, 1.82) is 0 Å². The summed E-state index contributed by atoms with van der Waals surface area (Å²) in [4.78, 5) is 11.4. The van der Waals surface area contributed by atoms with E-state index in [2.05, 4.69) is 34.6 Å². The third-order valence-electron chi connectivity index (χ3n) is 2.36. The van der Waals surface area contributed by atoms with Crippen molar-refractivity contribution in [2.45, 2.75) is 32.3 Å². The van der Waals surface area contributed by atoms with Crippen LogP contribution in [0.5, 0.6) is 0 Å². The van der Waals surface area contributed by atoms with Crippen LogP contribution < -0.4 is 0 Å². The molecule has 0 bridgehead atoms. The lowest BCUT2D eigenvalue weighted by Crippen LogP contribution is -2.21. The minimum atomic E-state index is -1.07. The predicted octanol–water partition coefficient (Wildman–Crippen LogP) is 2.05. The fraction of sp³-hybridized carbons (Fsp3) is 0.636. The zero-order valence-electron chi connectivity index (χ0n) is 10.9. The van der Waals surface area contributed by atoms with Gasteiger partial charge in [0, 0.05) is 20.9 Å². The summed E-state index contributed by atoms with van der Waals surface area (Å²) in [6.07, 6.45) is 1.53. The van der Waals surface area contributed by atoms with Gasteiger partial charge in [-0.2, -0.15) is 5.10 Å². The van der Waals surface area contributed by atoms with Crippen molar-refractivity contribution in [3.8, 4) is 0 Å². The Bertz CT molecular complexity index is 371. The van der Waals surface area contributed by atoms with E-state index in [0.717, 1.165) is 6.04 Å². The molecule has 0 amide bonds. The van der Waals surface area contributed by atoms with Crippen LogP contribution in [0.2, 0.25) is 25.7 Å². The quantitative estimate of drug-likeness (QED) is 0.480. The van der Waals surface area contributed by atoms with Gasteiger partial charge in [-0.1, -0.05) is 19.6 Å². The van der Waals surface area contributed by atoms with E-state index in [-0.39, 0.29) is 5.97 Å². The lowest BCUT2D eigenvalue weighted by atomic mass is 10.2. The van der Waals surface area contributed by atoms with E-state index in [9.17, 15) is 4.79 Å². The molecule has 96 valence electrons. The van der Waals surface area contributed by atoms with Gasteiger partial charge < -0.3 is 9.47 Å². The standard InChI is InChI=1S/C11H20N2O3Si/c1-15-11(14)9-7-12-13-10(9)8-16-5-6-17(2,3)4/h7H,5-6,8H2,1-4H3,(H,12,13). The smallest absolute Gasteiger partial charge is 0.341 e. The van der Waals surface area contributed by atoms with E-state index >= 15 is 0 Å². The number of esters is 1. The molecule has 0 aliphatic rings. The summed E-state index contributed by atoms with van der Waals surface area (Å²) in [6, 6.07) is 1.10. The Hall–Kier alpha value is -1.14. The highest BCUT2D eigenvalue weighted by molar-refractivity contribution is 6.76. The van der Waals surface area contributed by atoms with Crippen LogP contribution in [-0.2, 0) is 16.1 Å². The number of H-pyrrole nitrogens is 1. The average Bonchev–Trinajstić information content (AvgIpc) is 2.70. The first-order chi connectivity index (χ1) is 7.94. The summed E-state index contributed by atoms with van der Waals surface area (Å²) in [7, 11) is 0.286. The number of hydrogen-bond acceptors (Lipinski definition) is 4. The minimum absolute atomic E-state index is 0.346. The highest BCUT2D eigenvalue weighted by Crippen LogP contribution is 2.11. The molecule has 1 rings (SSSR count). The lowest BCUT2D eigenvalue weighted by Gasteiger charge is -2.15. The van der Waals surface area contributed by atoms with Crippen LogP contribution in [0, 0.1) is 0 Å². The van der Waals surface area contributed by atoms with Crippen molar-refractivity contribution in [2.75, 3.05) is 13.7 Å². The second kappa shape index (κ2) is 5.97. The third kappa shape index (κ3) is 4.70. The number of aromatic nitrogens is 2. The van der Waals surface area contributed by atoms with Crippen molar-refractivity contribution in [3.63, 3.8) is 0 Å². The minimum Gasteiger partial charge on any atom is -0.465 e. The molecule has 1 heterocycles. The molecule has 5 nitrogen and oxygen atoms in total. The fourth-order valence-corrected chi connectivity index (χ4v) is 2.02. The molecule has 0 aliphatic carbocycles. The lowest BCUT2D eigenvalue weighted by molar-refractivity contribution is 0.0593. The van der Waals surface area contributed by atoms with Crippen LogP contribution in [0.3, 0.4) is 0 Å². The van der Waals surface area contributed by atoms with Crippen molar-refractivity contribution < 1.29 is 14.3 Å². The molecule has 0 saturated heterocycles. The Labute approximate surface area is 103 Å². The fourth-order valence-electron chi connectivity index (χ4n) is 1.26. The Kier molecular flexibility index (Phi) is 4.89. The Morgan fingerprint density at radius 2 is 2.18 bits per heavy atom. The monoisotopic (exact) mass is 256 g/mol. The molecular formula is C11H20N2O3Si. The van der Waals surface area contributed by atoms with Crippen molar-refractivity contribution >= 4 is 14.0 Å². The molecule has 1 aromatic rings. The predicted molar refractivity (Wildman–Crippen MR) is 67.7 cm³/mol. The maximum Gasteiger partial charge on any atom is 0.341 e. The van der Waals surface area contributed by atoms with Crippen LogP contribution in [-0.4, -0.2) is 38.0 Å². The summed E-state index contributed by atoms with van der Waals surface area (Å²) < 4.78 is 10.2. The Morgan fingerprint density at radius 3 is 2.76 bits per heavy atom. The number of rotatable bonds is 6. The highest BCUT2D eigenvalue weighted by atomic mass is 28.3. The highest BCUT2D eigenvalue weighted by Gasteiger charge is 2.16. The molecule has 0 fully saturated rings. The molecule has 0 unspecified atom stereocenters. The average molecular weight is 256 g/mol. The van der Waals surface area contributed by atoms with Gasteiger partial charge in [-0.3, -0.25) is 5.10 Å². The molecule has 0 radical (unpaired) electrons. The van der Waals surface area contributed by atoms with Gasteiger partial charge in [-0.15, -0.1) is 0 Å². The molecule has 0 aliphatic heterocycles. The van der Waals surface area contributed by atoms with Crippen molar-refractivity contribution in [3.05, 3.63) is 17.5 Å². The van der Waals surface area contributed by atoms with Gasteiger partial charge in [-0.05, 0) is 6.04 Å². The van der Waals surface area contributed by atoms with Crippen LogP contribution in [0.1, 0.15) is 16.1 Å². The Morgan fingerprint density at radius 1 is 1.47 bits per heavy atom. The van der Waals surface area contributed by atoms with Gasteiger partial charge in [0.2, 0.25) is 0 Å². The summed E-state index contributed by atoms with van der Waals surface area (Å²) in [6.45, 7) is 7.95. The van der Waals surface area contributed by atoms with Gasteiger partial charge >= 0.3 is 5.97 Å². The van der Waals surface area contributed by atoms with Gasteiger partial charge in [0.1, 0.15) is 11.3 Å². The zero-order valence-corrected chi connectivity index (χ0v) is 11.9. The van der Waals surface area contributed by atoms with E-state index in [0.29, 0.717) is 24.5 Å². The molecule has 0 aromatic carbocycles. The summed E-state index contributed by atoms with van der Waals surface area (Å²) in [5.74, 6) is -0.387.